The van der Waals surface area contributed by atoms with E-state index in [0.717, 1.165) is 4.68 Å². The van der Waals surface area contributed by atoms with Crippen molar-refractivity contribution in [3.05, 3.63) is 35.9 Å². The van der Waals surface area contributed by atoms with E-state index in [2.05, 4.69) is 10.1 Å². The van der Waals surface area contributed by atoms with Crippen LogP contribution < -0.4 is 11.1 Å². The van der Waals surface area contributed by atoms with Gasteiger partial charge in [0, 0.05) is 12.1 Å². The number of carbonyl (C=O) groups excluding carboxylic acids is 1. The molecule has 9 heteroatoms. The standard InChI is InChI=1S/C10H8F3N5O/c11-5-1-6(12)9(7(13)2-5)16-8(19)3-18-4-15-10(14)17-18/h1-2,4H,3H2,(H2,14,17)(H,16,19). The molecular formula is C10H8F3N5O. The van der Waals surface area contributed by atoms with Crippen molar-refractivity contribution in [1.82, 2.24) is 14.8 Å². The molecule has 0 fully saturated rings. The number of amides is 1. The lowest BCUT2D eigenvalue weighted by Crippen LogP contribution is -2.20. The van der Waals surface area contributed by atoms with Crippen molar-refractivity contribution in [2.24, 2.45) is 0 Å². The number of nitrogen functional groups attached to an aromatic ring is 1. The molecule has 3 N–H and O–H groups in total. The van der Waals surface area contributed by atoms with Gasteiger partial charge in [-0.05, 0) is 0 Å². The molecule has 1 aromatic carbocycles. The molecule has 1 aromatic heterocycles. The van der Waals surface area contributed by atoms with Crippen LogP contribution in [0.1, 0.15) is 0 Å². The van der Waals surface area contributed by atoms with Crippen molar-refractivity contribution < 1.29 is 18.0 Å². The second-order valence-electron chi connectivity index (χ2n) is 3.59. The Labute approximate surface area is 105 Å². The molecule has 2 rings (SSSR count). The molecule has 0 aliphatic carbocycles. The molecule has 0 saturated heterocycles. The summed E-state index contributed by atoms with van der Waals surface area (Å²) in [5.41, 5.74) is 4.51. The Morgan fingerprint density at radius 3 is 2.47 bits per heavy atom. The van der Waals surface area contributed by atoms with Crippen LogP contribution in [-0.2, 0) is 11.3 Å². The average Bonchev–Trinajstić information content (AvgIpc) is 2.69. The van der Waals surface area contributed by atoms with Crippen molar-refractivity contribution >= 4 is 17.5 Å². The quantitative estimate of drug-likeness (QED) is 0.869. The van der Waals surface area contributed by atoms with E-state index in [1.807, 2.05) is 5.32 Å². The Bertz CT molecular complexity index is 604. The Kier molecular flexibility index (Phi) is 3.36. The number of hydrogen-bond acceptors (Lipinski definition) is 4. The summed E-state index contributed by atoms with van der Waals surface area (Å²) in [5.74, 6) is -4.27. The normalized spacial score (nSPS) is 10.5. The molecule has 19 heavy (non-hydrogen) atoms. The monoisotopic (exact) mass is 271 g/mol. The maximum atomic E-state index is 13.3. The molecule has 0 aliphatic heterocycles. The smallest absolute Gasteiger partial charge is 0.246 e. The molecule has 2 aromatic rings. The minimum absolute atomic E-state index is 0.0352. The zero-order valence-electron chi connectivity index (χ0n) is 9.40. The topological polar surface area (TPSA) is 85.8 Å². The summed E-state index contributed by atoms with van der Waals surface area (Å²) in [7, 11) is 0. The van der Waals surface area contributed by atoms with Crippen LogP contribution in [-0.4, -0.2) is 20.7 Å². The van der Waals surface area contributed by atoms with Crippen LogP contribution in [0.25, 0.3) is 0 Å². The van der Waals surface area contributed by atoms with Crippen molar-refractivity contribution in [1.29, 1.82) is 0 Å². The summed E-state index contributed by atoms with van der Waals surface area (Å²) >= 11 is 0. The molecule has 6 nitrogen and oxygen atoms in total. The van der Waals surface area contributed by atoms with Crippen LogP contribution in [0.3, 0.4) is 0 Å². The van der Waals surface area contributed by atoms with Crippen molar-refractivity contribution in [3.8, 4) is 0 Å². The number of nitrogens with zero attached hydrogens (tertiary/aromatic N) is 3. The summed E-state index contributed by atoms with van der Waals surface area (Å²) in [6, 6.07) is 0.929. The molecule has 0 spiro atoms. The third-order valence-corrected chi connectivity index (χ3v) is 2.13. The number of benzene rings is 1. The van der Waals surface area contributed by atoms with E-state index < -0.39 is 29.0 Å². The SMILES string of the molecule is Nc1ncn(CC(=O)Nc2c(F)cc(F)cc2F)n1. The third kappa shape index (κ3) is 3.00. The molecular weight excluding hydrogens is 263 g/mol. The molecule has 0 aliphatic rings. The zero-order chi connectivity index (χ0) is 14.0. The fourth-order valence-electron chi connectivity index (χ4n) is 1.37. The van der Waals surface area contributed by atoms with Crippen LogP contribution in [0.4, 0.5) is 24.8 Å². The molecule has 1 amide bonds. The van der Waals surface area contributed by atoms with E-state index in [4.69, 9.17) is 5.73 Å². The van der Waals surface area contributed by atoms with Crippen LogP contribution >= 0.6 is 0 Å². The van der Waals surface area contributed by atoms with Gasteiger partial charge in [-0.15, -0.1) is 5.10 Å². The predicted octanol–water partition coefficient (Wildman–Crippen LogP) is 0.916. The van der Waals surface area contributed by atoms with E-state index in [0.29, 0.717) is 12.1 Å². The van der Waals surface area contributed by atoms with Gasteiger partial charge < -0.3 is 11.1 Å². The second kappa shape index (κ2) is 4.96. The number of anilines is 2. The number of nitrogens with two attached hydrogens (primary N) is 1. The zero-order valence-corrected chi connectivity index (χ0v) is 9.40. The van der Waals surface area contributed by atoms with Crippen molar-refractivity contribution in [2.45, 2.75) is 6.54 Å². The fraction of sp³-hybridized carbons (Fsp3) is 0.100. The summed E-state index contributed by atoms with van der Waals surface area (Å²) < 4.78 is 40.3. The largest absolute Gasteiger partial charge is 0.367 e. The maximum Gasteiger partial charge on any atom is 0.246 e. The van der Waals surface area contributed by atoms with Crippen LogP contribution in [0.5, 0.6) is 0 Å². The highest BCUT2D eigenvalue weighted by Crippen LogP contribution is 2.20. The predicted molar refractivity (Wildman–Crippen MR) is 59.4 cm³/mol. The van der Waals surface area contributed by atoms with E-state index in [-0.39, 0.29) is 12.5 Å². The fourth-order valence-corrected chi connectivity index (χ4v) is 1.37. The summed E-state index contributed by atoms with van der Waals surface area (Å²) in [6.07, 6.45) is 1.19. The summed E-state index contributed by atoms with van der Waals surface area (Å²) in [6.45, 7) is -0.333. The lowest BCUT2D eigenvalue weighted by molar-refractivity contribution is -0.117. The highest BCUT2D eigenvalue weighted by atomic mass is 19.1. The number of hydrogen-bond donors (Lipinski definition) is 2. The van der Waals surface area contributed by atoms with Gasteiger partial charge in [-0.2, -0.15) is 0 Å². The Hall–Kier alpha value is -2.58. The molecule has 100 valence electrons. The first-order valence-corrected chi connectivity index (χ1v) is 5.05. The first-order chi connectivity index (χ1) is 8.95. The molecule has 0 saturated carbocycles. The Morgan fingerprint density at radius 1 is 1.32 bits per heavy atom. The van der Waals surface area contributed by atoms with E-state index in [9.17, 15) is 18.0 Å². The van der Waals surface area contributed by atoms with Gasteiger partial charge in [0.15, 0.2) is 11.6 Å². The van der Waals surface area contributed by atoms with E-state index in [1.54, 1.807) is 0 Å². The maximum absolute atomic E-state index is 13.3. The van der Waals surface area contributed by atoms with Crippen LogP contribution in [0.2, 0.25) is 0 Å². The number of carbonyl (C=O) groups is 1. The molecule has 0 unspecified atom stereocenters. The van der Waals surface area contributed by atoms with Gasteiger partial charge in [0.1, 0.15) is 24.4 Å². The molecule has 0 radical (unpaired) electrons. The lowest BCUT2D eigenvalue weighted by atomic mass is 10.2. The Balaban J connectivity index is 2.11. The highest BCUT2D eigenvalue weighted by Gasteiger charge is 2.14. The molecule has 0 bridgehead atoms. The summed E-state index contributed by atoms with van der Waals surface area (Å²) in [4.78, 5) is 15.1. The van der Waals surface area contributed by atoms with Gasteiger partial charge in [-0.3, -0.25) is 4.79 Å². The van der Waals surface area contributed by atoms with Crippen molar-refractivity contribution in [3.63, 3.8) is 0 Å². The van der Waals surface area contributed by atoms with Gasteiger partial charge in [0.25, 0.3) is 0 Å². The summed E-state index contributed by atoms with van der Waals surface area (Å²) in [5, 5.41) is 5.60. The van der Waals surface area contributed by atoms with Gasteiger partial charge in [0.2, 0.25) is 11.9 Å². The first kappa shape index (κ1) is 12.9. The first-order valence-electron chi connectivity index (χ1n) is 5.05. The van der Waals surface area contributed by atoms with Crippen LogP contribution in [0, 0.1) is 17.5 Å². The van der Waals surface area contributed by atoms with Gasteiger partial charge in [0.05, 0.1) is 0 Å². The number of rotatable bonds is 3. The van der Waals surface area contributed by atoms with Gasteiger partial charge in [-0.25, -0.2) is 22.8 Å². The van der Waals surface area contributed by atoms with Gasteiger partial charge in [-0.1, -0.05) is 0 Å². The molecule has 0 atom stereocenters. The van der Waals surface area contributed by atoms with E-state index >= 15 is 0 Å². The lowest BCUT2D eigenvalue weighted by Gasteiger charge is -2.07. The molecule has 1 heterocycles. The highest BCUT2D eigenvalue weighted by molar-refractivity contribution is 5.90. The van der Waals surface area contributed by atoms with Crippen molar-refractivity contribution in [2.75, 3.05) is 11.1 Å². The second-order valence-corrected chi connectivity index (χ2v) is 3.59. The number of aromatic nitrogens is 3. The minimum Gasteiger partial charge on any atom is -0.367 e. The van der Waals surface area contributed by atoms with Crippen LogP contribution in [0.15, 0.2) is 18.5 Å². The minimum atomic E-state index is -1.20. The number of nitrogens with one attached hydrogen (secondary N) is 1. The number of halogens is 3. The van der Waals surface area contributed by atoms with Gasteiger partial charge >= 0.3 is 0 Å². The average molecular weight is 271 g/mol. The Morgan fingerprint density at radius 2 is 1.95 bits per heavy atom. The third-order valence-electron chi connectivity index (χ3n) is 2.13. The van der Waals surface area contributed by atoms with E-state index in [1.165, 1.54) is 6.33 Å².